The van der Waals surface area contributed by atoms with E-state index in [1.54, 1.807) is 0 Å². The zero-order chi connectivity index (χ0) is 78.3. The number of hydrogen-bond donors (Lipinski definition) is 3. The van der Waals surface area contributed by atoms with E-state index in [0.717, 1.165) is 95.8 Å². The number of phosphoric acid groups is 2. The number of esters is 4. The fourth-order valence-electron chi connectivity index (χ4n) is 13.8. The van der Waals surface area contributed by atoms with Crippen LogP contribution >= 0.6 is 15.6 Å². The fourth-order valence-corrected chi connectivity index (χ4v) is 15.4. The minimum atomic E-state index is -4.97. The minimum absolute atomic E-state index is 0.109. The van der Waals surface area contributed by atoms with Gasteiger partial charge < -0.3 is 33.8 Å². The van der Waals surface area contributed by atoms with Gasteiger partial charge in [0.15, 0.2) is 12.2 Å². The van der Waals surface area contributed by atoms with E-state index in [4.69, 9.17) is 37.0 Å². The van der Waals surface area contributed by atoms with Crippen molar-refractivity contribution in [3.05, 3.63) is 0 Å². The Balaban J connectivity index is 5.25. The highest BCUT2D eigenvalue weighted by Crippen LogP contribution is 2.45. The highest BCUT2D eigenvalue weighted by molar-refractivity contribution is 7.47. The number of phosphoric ester groups is 2. The standard InChI is InChI=1S/C88H172O17P2/c1-6-10-13-16-19-22-25-28-31-34-36-39-41-44-47-50-56-61-66-71-85(90)98-77-83(104-87(92)73-69-64-59-52-49-46-43-40-37-35-32-29-26-23-20-17-14-11-7-2)79-102-106(94,95)100-75-82(89)76-101-107(96,97)103-80-84(78-99-86(91)72-67-62-57-54-53-55-60-65-70-81(5)9-4)105-88(93)74-68-63-58-51-48-45-42-38-33-30-27-24-21-18-15-12-8-3/h81-84,89H,6-80H2,1-5H3,(H,94,95)(H,96,97)/t81?,82-,83-,84-/m1/s1. The summed E-state index contributed by atoms with van der Waals surface area (Å²) in [5, 5.41) is 10.7. The summed E-state index contributed by atoms with van der Waals surface area (Å²) in [7, 11) is -9.93. The van der Waals surface area contributed by atoms with Crippen LogP contribution in [0.2, 0.25) is 0 Å². The normalized spacial score (nSPS) is 14.0. The Bertz CT molecular complexity index is 2030. The first-order chi connectivity index (χ1) is 52.1. The predicted octanol–water partition coefficient (Wildman–Crippen LogP) is 27.2. The molecule has 0 aliphatic heterocycles. The molecule has 0 bridgehead atoms. The number of aliphatic hydroxyl groups is 1. The highest BCUT2D eigenvalue weighted by atomic mass is 31.2. The second-order valence-corrected chi connectivity index (χ2v) is 34.8. The first-order valence-corrected chi connectivity index (χ1v) is 48.7. The lowest BCUT2D eigenvalue weighted by Crippen LogP contribution is -2.30. The van der Waals surface area contributed by atoms with E-state index < -0.39 is 97.5 Å². The summed E-state index contributed by atoms with van der Waals surface area (Å²) in [6.45, 7) is 7.39. The number of aliphatic hydroxyl groups excluding tert-OH is 1. The van der Waals surface area contributed by atoms with E-state index in [1.165, 1.54) is 302 Å². The molecule has 0 rings (SSSR count). The SMILES string of the molecule is CCCCCCCCCCCCCCCCCCCCCC(=O)OC[C@H](COP(=O)(O)OC[C@@H](O)COP(=O)(O)OC[C@@H](COC(=O)CCCCCCCCCCC(C)CC)OC(=O)CCCCCCCCCCCCCCCCCCC)OC(=O)CCCCCCCCCCCCCCCCCCCCC. The van der Waals surface area contributed by atoms with Gasteiger partial charge in [-0.15, -0.1) is 0 Å². The van der Waals surface area contributed by atoms with Gasteiger partial charge in [0.2, 0.25) is 0 Å². The van der Waals surface area contributed by atoms with Crippen LogP contribution in [-0.4, -0.2) is 96.7 Å². The van der Waals surface area contributed by atoms with E-state index >= 15 is 0 Å². The Hall–Kier alpha value is -1.94. The Morgan fingerprint density at radius 2 is 0.449 bits per heavy atom. The van der Waals surface area contributed by atoms with Crippen molar-refractivity contribution in [1.29, 1.82) is 0 Å². The van der Waals surface area contributed by atoms with Crippen molar-refractivity contribution < 1.29 is 80.2 Å². The molecule has 0 aromatic heterocycles. The molecule has 0 saturated heterocycles. The summed E-state index contributed by atoms with van der Waals surface area (Å²) in [5.74, 6) is -1.32. The molecule has 3 unspecified atom stereocenters. The van der Waals surface area contributed by atoms with Gasteiger partial charge in [0, 0.05) is 25.7 Å². The zero-order valence-corrected chi connectivity index (χ0v) is 72.1. The minimum Gasteiger partial charge on any atom is -0.462 e. The van der Waals surface area contributed by atoms with Gasteiger partial charge in [0.1, 0.15) is 19.3 Å². The molecule has 107 heavy (non-hydrogen) atoms. The molecule has 0 aliphatic rings. The Morgan fingerprint density at radius 1 is 0.262 bits per heavy atom. The molecule has 0 radical (unpaired) electrons. The quantitative estimate of drug-likeness (QED) is 0.0222. The molecule has 6 atom stereocenters. The van der Waals surface area contributed by atoms with Gasteiger partial charge in [0.25, 0.3) is 0 Å². The second-order valence-electron chi connectivity index (χ2n) is 31.9. The molecule has 636 valence electrons. The van der Waals surface area contributed by atoms with Crippen LogP contribution in [0.25, 0.3) is 0 Å². The number of carbonyl (C=O) groups excluding carboxylic acids is 4. The summed E-state index contributed by atoms with van der Waals surface area (Å²) in [4.78, 5) is 73.3. The van der Waals surface area contributed by atoms with Crippen LogP contribution in [0.4, 0.5) is 0 Å². The monoisotopic (exact) mass is 1560 g/mol. The average Bonchev–Trinajstić information content (AvgIpc) is 0.900. The van der Waals surface area contributed by atoms with Crippen molar-refractivity contribution in [1.82, 2.24) is 0 Å². The topological polar surface area (TPSA) is 237 Å². The number of rotatable bonds is 88. The summed E-state index contributed by atoms with van der Waals surface area (Å²) >= 11 is 0. The maximum absolute atomic E-state index is 13.2. The fraction of sp³-hybridized carbons (Fsp3) is 0.955. The molecule has 0 heterocycles. The Morgan fingerprint density at radius 3 is 0.664 bits per heavy atom. The van der Waals surface area contributed by atoms with Gasteiger partial charge in [-0.05, 0) is 31.6 Å². The maximum atomic E-state index is 13.2. The molecule has 0 saturated carbocycles. The zero-order valence-electron chi connectivity index (χ0n) is 70.3. The number of ether oxygens (including phenoxy) is 4. The molecule has 0 spiro atoms. The molecule has 19 heteroatoms. The van der Waals surface area contributed by atoms with E-state index in [2.05, 4.69) is 34.6 Å². The van der Waals surface area contributed by atoms with E-state index in [1.807, 2.05) is 0 Å². The Labute approximate surface area is 658 Å². The van der Waals surface area contributed by atoms with Gasteiger partial charge in [0.05, 0.1) is 26.4 Å². The number of hydrogen-bond acceptors (Lipinski definition) is 15. The van der Waals surface area contributed by atoms with Crippen LogP contribution in [0.1, 0.15) is 478 Å². The van der Waals surface area contributed by atoms with Crippen LogP contribution in [0.5, 0.6) is 0 Å². The molecule has 0 amide bonds. The largest absolute Gasteiger partial charge is 0.472 e. The van der Waals surface area contributed by atoms with Crippen LogP contribution in [-0.2, 0) is 65.4 Å². The number of unbranched alkanes of at least 4 members (excludes halogenated alkanes) is 59. The van der Waals surface area contributed by atoms with Crippen LogP contribution in [0, 0.1) is 5.92 Å². The maximum Gasteiger partial charge on any atom is 0.472 e. The molecule has 0 aromatic rings. The van der Waals surface area contributed by atoms with Crippen molar-refractivity contribution in [2.75, 3.05) is 39.6 Å². The second kappa shape index (κ2) is 80.7. The third kappa shape index (κ3) is 80.5. The predicted molar refractivity (Wildman–Crippen MR) is 442 cm³/mol. The van der Waals surface area contributed by atoms with E-state index in [-0.39, 0.29) is 25.7 Å². The summed E-state index contributed by atoms with van der Waals surface area (Å²) in [6, 6.07) is 0. The molecule has 17 nitrogen and oxygen atoms in total. The van der Waals surface area contributed by atoms with Crippen molar-refractivity contribution in [2.45, 2.75) is 496 Å². The summed E-state index contributed by atoms with van der Waals surface area (Å²) in [5.41, 5.74) is 0. The first kappa shape index (κ1) is 105. The lowest BCUT2D eigenvalue weighted by Gasteiger charge is -2.21. The smallest absolute Gasteiger partial charge is 0.462 e. The van der Waals surface area contributed by atoms with Crippen molar-refractivity contribution in [3.63, 3.8) is 0 Å². The third-order valence-electron chi connectivity index (χ3n) is 21.1. The van der Waals surface area contributed by atoms with Crippen molar-refractivity contribution in [2.24, 2.45) is 5.92 Å². The van der Waals surface area contributed by atoms with E-state index in [0.29, 0.717) is 25.7 Å². The van der Waals surface area contributed by atoms with Gasteiger partial charge in [-0.25, -0.2) is 9.13 Å². The van der Waals surface area contributed by atoms with Crippen molar-refractivity contribution >= 4 is 39.5 Å². The highest BCUT2D eigenvalue weighted by Gasteiger charge is 2.30. The van der Waals surface area contributed by atoms with Crippen LogP contribution < -0.4 is 0 Å². The van der Waals surface area contributed by atoms with Gasteiger partial charge in [-0.2, -0.15) is 0 Å². The third-order valence-corrected chi connectivity index (χ3v) is 23.0. The van der Waals surface area contributed by atoms with Gasteiger partial charge in [-0.3, -0.25) is 37.3 Å². The molecule has 0 aliphatic carbocycles. The van der Waals surface area contributed by atoms with E-state index in [9.17, 15) is 43.2 Å². The van der Waals surface area contributed by atoms with Gasteiger partial charge >= 0.3 is 39.5 Å². The molecular formula is C88H172O17P2. The lowest BCUT2D eigenvalue weighted by atomic mass is 9.99. The average molecular weight is 1560 g/mol. The lowest BCUT2D eigenvalue weighted by molar-refractivity contribution is -0.161. The first-order valence-electron chi connectivity index (χ1n) is 45.7. The molecular weight excluding hydrogens is 1390 g/mol. The summed E-state index contributed by atoms with van der Waals surface area (Å²) in [6.07, 6.45) is 74.9. The molecule has 3 N–H and O–H groups in total. The molecule has 0 fully saturated rings. The molecule has 0 aromatic carbocycles. The number of carbonyl (C=O) groups is 4. The van der Waals surface area contributed by atoms with Crippen LogP contribution in [0.15, 0.2) is 0 Å². The summed E-state index contributed by atoms with van der Waals surface area (Å²) < 4.78 is 69.0. The van der Waals surface area contributed by atoms with Crippen molar-refractivity contribution in [3.8, 4) is 0 Å². The van der Waals surface area contributed by atoms with Crippen LogP contribution in [0.3, 0.4) is 0 Å². The Kier molecular flexibility index (Phi) is 79.2. The van der Waals surface area contributed by atoms with Gasteiger partial charge in [-0.1, -0.05) is 426 Å².